The van der Waals surface area contributed by atoms with E-state index in [0.29, 0.717) is 34.4 Å². The van der Waals surface area contributed by atoms with Crippen LogP contribution in [0.15, 0.2) is 66.0 Å². The summed E-state index contributed by atoms with van der Waals surface area (Å²) in [6.07, 6.45) is 0.995. The van der Waals surface area contributed by atoms with Crippen LogP contribution in [0.4, 0.5) is 0 Å². The Morgan fingerprint density at radius 2 is 1.45 bits per heavy atom. The van der Waals surface area contributed by atoms with E-state index in [4.69, 9.17) is 4.74 Å². The number of carbonyl (C=O) groups is 4. The molecule has 0 aliphatic carbocycles. The van der Waals surface area contributed by atoms with Gasteiger partial charge in [0, 0.05) is 12.1 Å². The summed E-state index contributed by atoms with van der Waals surface area (Å²) in [5.74, 6) is -1.37. The third-order valence-corrected chi connectivity index (χ3v) is 5.89. The fourth-order valence-corrected chi connectivity index (χ4v) is 4.13. The van der Waals surface area contributed by atoms with Gasteiger partial charge in [0.1, 0.15) is 0 Å². The minimum Gasteiger partial charge on any atom is -0.462 e. The number of esters is 1. The molecule has 7 heteroatoms. The van der Waals surface area contributed by atoms with E-state index in [0.717, 1.165) is 0 Å². The lowest BCUT2D eigenvalue weighted by atomic mass is 10.0. The van der Waals surface area contributed by atoms with Crippen LogP contribution in [0.1, 0.15) is 59.2 Å². The number of imide groups is 1. The van der Waals surface area contributed by atoms with Gasteiger partial charge in [-0.3, -0.25) is 19.3 Å². The van der Waals surface area contributed by atoms with Crippen molar-refractivity contribution in [3.63, 3.8) is 0 Å². The first kappa shape index (κ1) is 20.7. The molecule has 6 nitrogen and oxygen atoms in total. The summed E-state index contributed by atoms with van der Waals surface area (Å²) < 4.78 is 5.34. The average molecular weight is 433 g/mol. The number of ketones is 1. The highest BCUT2D eigenvalue weighted by Crippen LogP contribution is 2.23. The highest BCUT2D eigenvalue weighted by atomic mass is 32.1. The maximum atomic E-state index is 12.6. The number of carbonyl (C=O) groups excluding carboxylic acids is 4. The van der Waals surface area contributed by atoms with Crippen LogP contribution in [-0.4, -0.2) is 41.6 Å². The van der Waals surface area contributed by atoms with Gasteiger partial charge < -0.3 is 4.74 Å². The standard InChI is InChI=1S/C24H19NO5S/c26-21(20-12-7-15-31-20)16-8-1-4-11-19(16)24(29)30-14-6-5-13-25-22(27)17-9-2-3-10-18(17)23(25)28/h1-4,7-12,15H,5-6,13-14H2. The summed E-state index contributed by atoms with van der Waals surface area (Å²) in [5, 5.41) is 1.81. The van der Waals surface area contributed by atoms with Crippen LogP contribution in [-0.2, 0) is 4.74 Å². The summed E-state index contributed by atoms with van der Waals surface area (Å²) in [6.45, 7) is 0.390. The van der Waals surface area contributed by atoms with Gasteiger partial charge in [-0.1, -0.05) is 36.4 Å². The number of hydrogen-bond acceptors (Lipinski definition) is 6. The van der Waals surface area contributed by atoms with E-state index in [1.807, 2.05) is 5.38 Å². The fourth-order valence-electron chi connectivity index (χ4n) is 3.46. The summed E-state index contributed by atoms with van der Waals surface area (Å²) in [6, 6.07) is 16.8. The molecule has 2 aromatic carbocycles. The second kappa shape index (κ2) is 9.06. The van der Waals surface area contributed by atoms with E-state index in [9.17, 15) is 19.2 Å². The molecule has 0 saturated heterocycles. The highest BCUT2D eigenvalue weighted by Gasteiger charge is 2.34. The minimum atomic E-state index is -0.568. The molecular weight excluding hydrogens is 414 g/mol. The largest absolute Gasteiger partial charge is 0.462 e. The van der Waals surface area contributed by atoms with Gasteiger partial charge in [0.2, 0.25) is 5.78 Å². The predicted octanol–water partition coefficient (Wildman–Crippen LogP) is 4.21. The van der Waals surface area contributed by atoms with Gasteiger partial charge >= 0.3 is 5.97 Å². The van der Waals surface area contributed by atoms with Gasteiger partial charge in [-0.15, -0.1) is 11.3 Å². The SMILES string of the molecule is O=C(OCCCCN1C(=O)c2ccccc2C1=O)c1ccccc1C(=O)c1cccs1. The van der Waals surface area contributed by atoms with Gasteiger partial charge in [0.15, 0.2) is 0 Å². The normalized spacial score (nSPS) is 12.7. The van der Waals surface area contributed by atoms with E-state index < -0.39 is 5.97 Å². The summed E-state index contributed by atoms with van der Waals surface area (Å²) in [5.41, 5.74) is 1.37. The smallest absolute Gasteiger partial charge is 0.338 e. The molecule has 2 amide bonds. The molecule has 31 heavy (non-hydrogen) atoms. The molecule has 4 rings (SSSR count). The Morgan fingerprint density at radius 1 is 0.806 bits per heavy atom. The van der Waals surface area contributed by atoms with Crippen LogP contribution in [0.5, 0.6) is 0 Å². The van der Waals surface area contributed by atoms with Crippen molar-refractivity contribution >= 4 is 34.9 Å². The van der Waals surface area contributed by atoms with Crippen LogP contribution in [0.3, 0.4) is 0 Å². The van der Waals surface area contributed by atoms with Gasteiger partial charge in [-0.25, -0.2) is 4.79 Å². The molecule has 2 heterocycles. The van der Waals surface area contributed by atoms with Gasteiger partial charge in [0.25, 0.3) is 11.8 Å². The Morgan fingerprint density at radius 3 is 2.10 bits per heavy atom. The lowest BCUT2D eigenvalue weighted by molar-refractivity contribution is 0.0483. The highest BCUT2D eigenvalue weighted by molar-refractivity contribution is 7.12. The molecule has 0 unspecified atom stereocenters. The number of amides is 2. The number of unbranched alkanes of at least 4 members (excludes halogenated alkanes) is 1. The maximum Gasteiger partial charge on any atom is 0.338 e. The second-order valence-corrected chi connectivity index (χ2v) is 7.95. The van der Waals surface area contributed by atoms with Gasteiger partial charge in [-0.05, 0) is 42.5 Å². The van der Waals surface area contributed by atoms with Crippen molar-refractivity contribution in [1.82, 2.24) is 4.90 Å². The zero-order valence-corrected chi connectivity index (χ0v) is 17.4. The van der Waals surface area contributed by atoms with E-state index in [1.165, 1.54) is 16.2 Å². The van der Waals surface area contributed by atoms with Crippen LogP contribution in [0, 0.1) is 0 Å². The van der Waals surface area contributed by atoms with Crippen molar-refractivity contribution < 1.29 is 23.9 Å². The second-order valence-electron chi connectivity index (χ2n) is 7.00. The number of fused-ring (bicyclic) bond motifs is 1. The Bertz CT molecular complexity index is 1120. The Labute approximate surface area is 183 Å². The molecule has 0 spiro atoms. The number of benzene rings is 2. The first-order valence-electron chi connectivity index (χ1n) is 9.87. The topological polar surface area (TPSA) is 80.8 Å². The molecule has 1 aliphatic rings. The van der Waals surface area contributed by atoms with E-state index >= 15 is 0 Å². The number of nitrogens with zero attached hydrogens (tertiary/aromatic N) is 1. The molecule has 0 fully saturated rings. The average Bonchev–Trinajstić information content (AvgIpc) is 3.42. The molecule has 3 aromatic rings. The van der Waals surface area contributed by atoms with Crippen molar-refractivity contribution in [3.8, 4) is 0 Å². The van der Waals surface area contributed by atoms with Crippen LogP contribution in [0.25, 0.3) is 0 Å². The van der Waals surface area contributed by atoms with E-state index in [1.54, 1.807) is 60.7 Å². The molecule has 0 radical (unpaired) electrons. The summed E-state index contributed by atoms with van der Waals surface area (Å²) >= 11 is 1.32. The van der Waals surface area contributed by atoms with Crippen molar-refractivity contribution in [2.45, 2.75) is 12.8 Å². The Hall–Kier alpha value is -3.58. The van der Waals surface area contributed by atoms with E-state index in [-0.39, 0.29) is 36.3 Å². The third-order valence-electron chi connectivity index (χ3n) is 5.02. The first-order valence-corrected chi connectivity index (χ1v) is 10.8. The van der Waals surface area contributed by atoms with Gasteiger partial charge in [-0.2, -0.15) is 0 Å². The van der Waals surface area contributed by atoms with Crippen molar-refractivity contribution in [3.05, 3.63) is 93.2 Å². The molecule has 156 valence electrons. The monoisotopic (exact) mass is 433 g/mol. The number of ether oxygens (including phenoxy) is 1. The number of rotatable bonds is 8. The Balaban J connectivity index is 1.30. The lowest BCUT2D eigenvalue weighted by Crippen LogP contribution is -2.30. The Kier molecular flexibility index (Phi) is 6.04. The number of hydrogen-bond donors (Lipinski definition) is 0. The minimum absolute atomic E-state index is 0.129. The lowest BCUT2D eigenvalue weighted by Gasteiger charge is -2.13. The summed E-state index contributed by atoms with van der Waals surface area (Å²) in [7, 11) is 0. The van der Waals surface area contributed by atoms with Crippen molar-refractivity contribution in [2.24, 2.45) is 0 Å². The third kappa shape index (κ3) is 4.18. The van der Waals surface area contributed by atoms with Gasteiger partial charge in [0.05, 0.1) is 28.2 Å². The van der Waals surface area contributed by atoms with Crippen molar-refractivity contribution in [2.75, 3.05) is 13.2 Å². The van der Waals surface area contributed by atoms with Crippen LogP contribution in [0.2, 0.25) is 0 Å². The fraction of sp³-hybridized carbons (Fsp3) is 0.167. The van der Waals surface area contributed by atoms with Crippen molar-refractivity contribution in [1.29, 1.82) is 0 Å². The molecule has 0 N–H and O–H groups in total. The zero-order valence-electron chi connectivity index (χ0n) is 16.6. The van der Waals surface area contributed by atoms with Crippen LogP contribution >= 0.6 is 11.3 Å². The quantitative estimate of drug-likeness (QED) is 0.230. The predicted molar refractivity (Wildman–Crippen MR) is 116 cm³/mol. The molecule has 0 saturated carbocycles. The molecule has 0 atom stereocenters. The number of thiophene rings is 1. The molecule has 0 bridgehead atoms. The molecular formula is C24H19NO5S. The molecule has 1 aromatic heterocycles. The summed E-state index contributed by atoms with van der Waals surface area (Å²) in [4.78, 5) is 51.6. The first-order chi connectivity index (χ1) is 15.1. The molecule has 1 aliphatic heterocycles. The zero-order chi connectivity index (χ0) is 21.8. The maximum absolute atomic E-state index is 12.6. The van der Waals surface area contributed by atoms with E-state index in [2.05, 4.69) is 0 Å². The van der Waals surface area contributed by atoms with Crippen LogP contribution < -0.4 is 0 Å².